The Hall–Kier alpha value is -2.40. The lowest BCUT2D eigenvalue weighted by atomic mass is 10.1. The number of alkyl halides is 3. The van der Waals surface area contributed by atoms with Crippen LogP contribution in [0.2, 0.25) is 0 Å². The van der Waals surface area contributed by atoms with Gasteiger partial charge in [-0.15, -0.1) is 0 Å². The van der Waals surface area contributed by atoms with Gasteiger partial charge in [-0.1, -0.05) is 35.0 Å². The highest BCUT2D eigenvalue weighted by Crippen LogP contribution is 2.38. The first-order chi connectivity index (χ1) is 14.9. The van der Waals surface area contributed by atoms with E-state index in [9.17, 15) is 31.2 Å². The summed E-state index contributed by atoms with van der Waals surface area (Å²) in [7, 11) is -4.02. The minimum atomic E-state index is -4.66. The molecule has 0 aromatic heterocycles. The Morgan fingerprint density at radius 1 is 1.19 bits per heavy atom. The molecule has 172 valence electrons. The van der Waals surface area contributed by atoms with Gasteiger partial charge in [0, 0.05) is 23.9 Å². The number of rotatable bonds is 6. The van der Waals surface area contributed by atoms with Crippen molar-refractivity contribution in [3.8, 4) is 0 Å². The van der Waals surface area contributed by atoms with Crippen molar-refractivity contribution in [3.63, 3.8) is 0 Å². The van der Waals surface area contributed by atoms with Crippen LogP contribution in [0.1, 0.15) is 30.9 Å². The molecule has 6 nitrogen and oxygen atoms in total. The maximum Gasteiger partial charge on any atom is 0.418 e. The van der Waals surface area contributed by atoms with Crippen molar-refractivity contribution >= 4 is 49.0 Å². The van der Waals surface area contributed by atoms with Crippen molar-refractivity contribution in [1.29, 1.82) is 0 Å². The number of anilines is 2. The summed E-state index contributed by atoms with van der Waals surface area (Å²) < 4.78 is 66.0. The summed E-state index contributed by atoms with van der Waals surface area (Å²) in [5.74, 6) is -1.70. The van der Waals surface area contributed by atoms with Crippen LogP contribution in [0.3, 0.4) is 0 Å². The Morgan fingerprint density at radius 3 is 2.53 bits per heavy atom. The summed E-state index contributed by atoms with van der Waals surface area (Å²) in [5.41, 5.74) is -0.452. The summed E-state index contributed by atoms with van der Waals surface area (Å²) in [4.78, 5) is 25.9. The van der Waals surface area contributed by atoms with Crippen LogP contribution < -0.4 is 10.2 Å². The molecular formula is C21H20BrF3N2O4S. The molecular weight excluding hydrogens is 513 g/mol. The lowest BCUT2D eigenvalue weighted by Gasteiger charge is -2.20. The fourth-order valence-electron chi connectivity index (χ4n) is 3.54. The number of fused-ring (bicyclic) bond motifs is 1. The molecule has 3 rings (SSSR count). The highest BCUT2D eigenvalue weighted by Gasteiger charge is 2.34. The SMILES string of the molecule is CCC(=O)N1CCc2cc(Br)cc(S(=O)(=O)CCC(=O)Nc3ccccc3C(F)(F)F)c21. The summed E-state index contributed by atoms with van der Waals surface area (Å²) in [6.45, 7) is 2.03. The van der Waals surface area contributed by atoms with Crippen LogP contribution in [-0.4, -0.2) is 32.5 Å². The van der Waals surface area contributed by atoms with E-state index in [1.54, 1.807) is 13.0 Å². The van der Waals surface area contributed by atoms with Crippen LogP contribution in [0, 0.1) is 0 Å². The van der Waals surface area contributed by atoms with Gasteiger partial charge in [0.15, 0.2) is 9.84 Å². The molecule has 0 bridgehead atoms. The van der Waals surface area contributed by atoms with Crippen LogP contribution in [0.25, 0.3) is 0 Å². The second-order valence-electron chi connectivity index (χ2n) is 7.22. The van der Waals surface area contributed by atoms with Crippen molar-refractivity contribution in [2.75, 3.05) is 22.5 Å². The minimum absolute atomic E-state index is 0.0790. The molecule has 1 heterocycles. The fourth-order valence-corrected chi connectivity index (χ4v) is 5.71. The van der Waals surface area contributed by atoms with E-state index in [0.717, 1.165) is 12.1 Å². The summed E-state index contributed by atoms with van der Waals surface area (Å²) in [6.07, 6.45) is -4.51. The van der Waals surface area contributed by atoms with Gasteiger partial charge in [-0.05, 0) is 36.2 Å². The molecule has 0 saturated carbocycles. The van der Waals surface area contributed by atoms with Crippen LogP contribution in [-0.2, 0) is 32.0 Å². The van der Waals surface area contributed by atoms with Crippen LogP contribution in [0.5, 0.6) is 0 Å². The summed E-state index contributed by atoms with van der Waals surface area (Å²) in [6, 6.07) is 7.59. The molecule has 11 heteroatoms. The van der Waals surface area contributed by atoms with Gasteiger partial charge < -0.3 is 10.2 Å². The van der Waals surface area contributed by atoms with Gasteiger partial charge in [-0.2, -0.15) is 13.2 Å². The van der Waals surface area contributed by atoms with Gasteiger partial charge in [0.05, 0.1) is 27.6 Å². The van der Waals surface area contributed by atoms with Gasteiger partial charge >= 0.3 is 6.18 Å². The van der Waals surface area contributed by atoms with Crippen LogP contribution in [0.4, 0.5) is 24.5 Å². The first kappa shape index (κ1) is 24.2. The Labute approximate surface area is 191 Å². The van der Waals surface area contributed by atoms with E-state index in [2.05, 4.69) is 21.2 Å². The standard InChI is InChI=1S/C21H20BrF3N2O4S/c1-2-19(29)27-9-7-13-11-14(22)12-17(20(13)27)32(30,31)10-8-18(28)26-16-6-4-3-5-15(16)21(23,24)25/h3-6,11-12H,2,7-10H2,1H3,(H,26,28). The number of carbonyl (C=O) groups excluding carboxylic acids is 2. The average Bonchev–Trinajstić information content (AvgIpc) is 3.14. The maximum absolute atomic E-state index is 13.1. The number of benzene rings is 2. The van der Waals surface area contributed by atoms with Crippen molar-refractivity contribution < 1.29 is 31.2 Å². The number of para-hydroxylation sites is 1. The third-order valence-corrected chi connectivity index (χ3v) is 7.22. The number of amides is 2. The molecule has 0 radical (unpaired) electrons. The normalized spacial score (nSPS) is 13.7. The zero-order chi connectivity index (χ0) is 23.7. The highest BCUT2D eigenvalue weighted by atomic mass is 79.9. The molecule has 0 spiro atoms. The van der Waals surface area contributed by atoms with Crippen molar-refractivity contribution in [2.24, 2.45) is 0 Å². The Kier molecular flexibility index (Phi) is 6.99. The monoisotopic (exact) mass is 532 g/mol. The number of carbonyl (C=O) groups is 2. The largest absolute Gasteiger partial charge is 0.418 e. The zero-order valence-corrected chi connectivity index (χ0v) is 19.4. The van der Waals surface area contributed by atoms with Crippen molar-refractivity contribution in [2.45, 2.75) is 37.3 Å². The number of nitrogens with zero attached hydrogens (tertiary/aromatic N) is 1. The Balaban J connectivity index is 1.82. The Bertz CT molecular complexity index is 1170. The maximum atomic E-state index is 13.1. The van der Waals surface area contributed by atoms with E-state index in [4.69, 9.17) is 0 Å². The van der Waals surface area contributed by atoms with E-state index in [1.165, 1.54) is 23.1 Å². The highest BCUT2D eigenvalue weighted by molar-refractivity contribution is 9.10. The van der Waals surface area contributed by atoms with Crippen LogP contribution in [0.15, 0.2) is 45.8 Å². The zero-order valence-electron chi connectivity index (χ0n) is 17.0. The molecule has 1 aliphatic heterocycles. The number of sulfone groups is 1. The molecule has 0 unspecified atom stereocenters. The first-order valence-electron chi connectivity index (χ1n) is 9.75. The first-order valence-corrected chi connectivity index (χ1v) is 12.2. The van der Waals surface area contributed by atoms with Gasteiger partial charge in [0.1, 0.15) is 0 Å². The minimum Gasteiger partial charge on any atom is -0.325 e. The second-order valence-corrected chi connectivity index (χ2v) is 10.2. The van der Waals surface area contributed by atoms with Gasteiger partial charge in [0.25, 0.3) is 0 Å². The van der Waals surface area contributed by atoms with Crippen LogP contribution >= 0.6 is 15.9 Å². The quantitative estimate of drug-likeness (QED) is 0.590. The predicted molar refractivity (Wildman–Crippen MR) is 117 cm³/mol. The molecule has 1 N–H and O–H groups in total. The molecule has 0 fully saturated rings. The Morgan fingerprint density at radius 2 is 1.88 bits per heavy atom. The van der Waals surface area contributed by atoms with E-state index in [0.29, 0.717) is 28.7 Å². The van der Waals surface area contributed by atoms with Crippen molar-refractivity contribution in [3.05, 3.63) is 52.0 Å². The molecule has 1 aliphatic rings. The van der Waals surface area contributed by atoms with Gasteiger partial charge in [-0.25, -0.2) is 8.42 Å². The molecule has 0 atom stereocenters. The van der Waals surface area contributed by atoms with Crippen molar-refractivity contribution in [1.82, 2.24) is 0 Å². The number of hydrogen-bond acceptors (Lipinski definition) is 4. The third-order valence-electron chi connectivity index (χ3n) is 5.04. The lowest BCUT2D eigenvalue weighted by Crippen LogP contribution is -2.29. The predicted octanol–water partition coefficient (Wildman–Crippen LogP) is 4.57. The lowest BCUT2D eigenvalue weighted by molar-refractivity contribution is -0.137. The van der Waals surface area contributed by atoms with E-state index < -0.39 is 45.3 Å². The average molecular weight is 533 g/mol. The number of hydrogen-bond donors (Lipinski definition) is 1. The smallest absolute Gasteiger partial charge is 0.325 e. The molecule has 0 saturated heterocycles. The number of nitrogens with one attached hydrogen (secondary N) is 1. The van der Waals surface area contributed by atoms with Gasteiger partial charge in [0.2, 0.25) is 11.8 Å². The van der Waals surface area contributed by atoms with E-state index in [-0.39, 0.29) is 17.2 Å². The summed E-state index contributed by atoms with van der Waals surface area (Å²) in [5, 5.41) is 2.14. The second kappa shape index (κ2) is 9.22. The third kappa shape index (κ3) is 5.15. The van der Waals surface area contributed by atoms with Gasteiger partial charge in [-0.3, -0.25) is 9.59 Å². The summed E-state index contributed by atoms with van der Waals surface area (Å²) >= 11 is 3.28. The molecule has 0 aliphatic carbocycles. The fraction of sp³-hybridized carbons (Fsp3) is 0.333. The number of halogens is 4. The molecule has 2 amide bonds. The van der Waals surface area contributed by atoms with E-state index >= 15 is 0 Å². The molecule has 2 aromatic rings. The molecule has 2 aromatic carbocycles. The van der Waals surface area contributed by atoms with E-state index in [1.807, 2.05) is 0 Å². The molecule has 32 heavy (non-hydrogen) atoms. The topological polar surface area (TPSA) is 83.6 Å².